The molecule has 2 rings (SSSR count). The fraction of sp³-hybridized carbons (Fsp3) is 0.440. The number of hydrogen-bond acceptors (Lipinski definition) is 2. The van der Waals surface area contributed by atoms with Crippen LogP contribution in [-0.2, 0) is 9.59 Å². The normalized spacial score (nSPS) is 13.0. The average Bonchev–Trinajstić information content (AvgIpc) is 2.64. The second-order valence-corrected chi connectivity index (χ2v) is 8.79. The Morgan fingerprint density at radius 1 is 0.933 bits per heavy atom. The van der Waals surface area contributed by atoms with Gasteiger partial charge in [-0.2, -0.15) is 0 Å². The van der Waals surface area contributed by atoms with Crippen LogP contribution in [0.4, 0.5) is 5.69 Å². The Balaban J connectivity index is 1.92. The molecule has 0 heterocycles. The molecule has 1 unspecified atom stereocenters. The van der Waals surface area contributed by atoms with Crippen LogP contribution in [-0.4, -0.2) is 32.0 Å². The first-order valence-corrected chi connectivity index (χ1v) is 10.7. The first-order chi connectivity index (χ1) is 14.2. The zero-order chi connectivity index (χ0) is 22.3. The third-order valence-electron chi connectivity index (χ3n) is 5.11. The first kappa shape index (κ1) is 23.6. The summed E-state index contributed by atoms with van der Waals surface area (Å²) in [5, 5.41) is 6.16. The number of quaternary nitrogens is 1. The van der Waals surface area contributed by atoms with Gasteiger partial charge in [-0.3, -0.25) is 9.59 Å². The van der Waals surface area contributed by atoms with Gasteiger partial charge in [-0.15, -0.1) is 0 Å². The largest absolute Gasteiger partial charge is 0.344 e. The van der Waals surface area contributed by atoms with Crippen molar-refractivity contribution in [2.75, 3.05) is 25.5 Å². The second-order valence-electron chi connectivity index (χ2n) is 8.79. The summed E-state index contributed by atoms with van der Waals surface area (Å²) < 4.78 is 0. The second kappa shape index (κ2) is 10.9. The summed E-state index contributed by atoms with van der Waals surface area (Å²) in [5.41, 5.74) is 5.26. The average molecular weight is 411 g/mol. The topological polar surface area (TPSA) is 62.6 Å². The lowest BCUT2D eigenvalue weighted by Gasteiger charge is -2.22. The summed E-state index contributed by atoms with van der Waals surface area (Å²) in [6.07, 6.45) is 0.876. The van der Waals surface area contributed by atoms with Gasteiger partial charge in [-0.25, -0.2) is 0 Å². The summed E-state index contributed by atoms with van der Waals surface area (Å²) in [5.74, 6) is 0.335. The van der Waals surface area contributed by atoms with Gasteiger partial charge in [0, 0.05) is 5.69 Å². The van der Waals surface area contributed by atoms with Gasteiger partial charge in [0.25, 0.3) is 11.8 Å². The monoisotopic (exact) mass is 410 g/mol. The number of amides is 2. The van der Waals surface area contributed by atoms with E-state index in [1.54, 1.807) is 0 Å². The Hall–Kier alpha value is -2.66. The van der Waals surface area contributed by atoms with Crippen molar-refractivity contribution in [3.8, 4) is 0 Å². The molecule has 0 spiro atoms. The molecule has 5 nitrogen and oxygen atoms in total. The van der Waals surface area contributed by atoms with Crippen molar-refractivity contribution in [2.45, 2.75) is 47.1 Å². The smallest absolute Gasteiger partial charge is 0.279 e. The quantitative estimate of drug-likeness (QED) is 0.595. The molecule has 0 radical (unpaired) electrons. The summed E-state index contributed by atoms with van der Waals surface area (Å²) in [4.78, 5) is 26.0. The Labute approximate surface area is 180 Å². The van der Waals surface area contributed by atoms with E-state index in [2.05, 4.69) is 36.6 Å². The van der Waals surface area contributed by atoms with Crippen LogP contribution in [0.5, 0.6) is 0 Å². The van der Waals surface area contributed by atoms with Gasteiger partial charge in [-0.1, -0.05) is 61.9 Å². The summed E-state index contributed by atoms with van der Waals surface area (Å²) in [6.45, 7) is 10.8. The van der Waals surface area contributed by atoms with Gasteiger partial charge in [0.15, 0.2) is 13.1 Å². The molecule has 0 saturated carbocycles. The maximum Gasteiger partial charge on any atom is 0.279 e. The maximum atomic E-state index is 12.6. The van der Waals surface area contributed by atoms with E-state index < -0.39 is 0 Å². The van der Waals surface area contributed by atoms with E-state index in [1.165, 1.54) is 5.56 Å². The molecule has 0 fully saturated rings. The maximum absolute atomic E-state index is 12.6. The van der Waals surface area contributed by atoms with Crippen molar-refractivity contribution in [2.24, 2.45) is 5.92 Å². The molecule has 0 bridgehead atoms. The predicted molar refractivity (Wildman–Crippen MR) is 123 cm³/mol. The van der Waals surface area contributed by atoms with Crippen LogP contribution in [0.2, 0.25) is 0 Å². The van der Waals surface area contributed by atoms with Crippen molar-refractivity contribution in [3.05, 3.63) is 64.7 Å². The number of carbonyl (C=O) groups is 2. The summed E-state index contributed by atoms with van der Waals surface area (Å²) in [6, 6.07) is 14.2. The van der Waals surface area contributed by atoms with Crippen LogP contribution in [0.25, 0.3) is 0 Å². The standard InChI is InChI=1S/C25H35N3O2/c1-17(2)12-22(21-10-8-7-9-11-21)26-23(29)15-28(6)16-24(30)27-25-19(4)13-18(3)14-20(25)5/h7-11,13-14,17,22H,12,15-16H2,1-6H3,(H,26,29)(H,27,30)/p+1/t22-/m0/s1. The number of benzene rings is 2. The van der Waals surface area contributed by atoms with E-state index in [9.17, 15) is 9.59 Å². The Morgan fingerprint density at radius 3 is 2.07 bits per heavy atom. The molecule has 0 saturated heterocycles. The molecule has 3 N–H and O–H groups in total. The number of carbonyl (C=O) groups excluding carboxylic acids is 2. The number of rotatable bonds is 9. The zero-order valence-corrected chi connectivity index (χ0v) is 19.1. The van der Waals surface area contributed by atoms with E-state index in [-0.39, 0.29) is 30.9 Å². The Kier molecular flexibility index (Phi) is 8.60. The molecule has 5 heteroatoms. The predicted octanol–water partition coefficient (Wildman–Crippen LogP) is 2.97. The van der Waals surface area contributed by atoms with Crippen LogP contribution in [0.3, 0.4) is 0 Å². The Bertz CT molecular complexity index is 839. The number of anilines is 1. The molecule has 0 aliphatic heterocycles. The van der Waals surface area contributed by atoms with E-state index in [0.717, 1.165) is 33.7 Å². The highest BCUT2D eigenvalue weighted by atomic mass is 16.2. The van der Waals surface area contributed by atoms with Gasteiger partial charge in [0.05, 0.1) is 13.1 Å². The third-order valence-corrected chi connectivity index (χ3v) is 5.11. The molecule has 2 amide bonds. The number of likely N-dealkylation sites (N-methyl/N-ethyl adjacent to an activating group) is 1. The van der Waals surface area contributed by atoms with E-state index >= 15 is 0 Å². The van der Waals surface area contributed by atoms with Crippen molar-refractivity contribution in [3.63, 3.8) is 0 Å². The highest BCUT2D eigenvalue weighted by molar-refractivity contribution is 5.93. The molecule has 2 aromatic rings. The zero-order valence-electron chi connectivity index (χ0n) is 19.1. The number of aryl methyl sites for hydroxylation is 3. The van der Waals surface area contributed by atoms with Crippen LogP contribution < -0.4 is 15.5 Å². The molecular formula is C25H36N3O2+. The molecule has 0 aliphatic rings. The minimum atomic E-state index is -0.0860. The SMILES string of the molecule is Cc1cc(C)c(NC(=O)C[NH+](C)CC(=O)N[C@@H](CC(C)C)c2ccccc2)c(C)c1. The highest BCUT2D eigenvalue weighted by Crippen LogP contribution is 2.22. The van der Waals surface area contributed by atoms with Gasteiger partial charge >= 0.3 is 0 Å². The first-order valence-electron chi connectivity index (χ1n) is 10.7. The molecular weight excluding hydrogens is 374 g/mol. The van der Waals surface area contributed by atoms with Crippen molar-refractivity contribution in [1.29, 1.82) is 0 Å². The molecule has 162 valence electrons. The van der Waals surface area contributed by atoms with Crippen LogP contribution in [0.15, 0.2) is 42.5 Å². The highest BCUT2D eigenvalue weighted by Gasteiger charge is 2.20. The molecule has 0 aromatic heterocycles. The van der Waals surface area contributed by atoms with Gasteiger partial charge in [0.2, 0.25) is 0 Å². The molecule has 2 atom stereocenters. The lowest BCUT2D eigenvalue weighted by Crippen LogP contribution is -3.11. The van der Waals surface area contributed by atoms with Crippen molar-refractivity contribution >= 4 is 17.5 Å². The van der Waals surface area contributed by atoms with Crippen LogP contribution in [0, 0.1) is 26.7 Å². The van der Waals surface area contributed by atoms with Gasteiger partial charge in [0.1, 0.15) is 0 Å². The van der Waals surface area contributed by atoms with Crippen molar-refractivity contribution < 1.29 is 14.5 Å². The van der Waals surface area contributed by atoms with Gasteiger partial charge in [-0.05, 0) is 49.8 Å². The molecule has 30 heavy (non-hydrogen) atoms. The fourth-order valence-electron chi connectivity index (χ4n) is 3.85. The van der Waals surface area contributed by atoms with Crippen LogP contribution >= 0.6 is 0 Å². The van der Waals surface area contributed by atoms with Crippen molar-refractivity contribution in [1.82, 2.24) is 5.32 Å². The van der Waals surface area contributed by atoms with E-state index in [0.29, 0.717) is 5.92 Å². The number of hydrogen-bond donors (Lipinski definition) is 3. The Morgan fingerprint density at radius 2 is 1.50 bits per heavy atom. The van der Waals surface area contributed by atoms with E-state index in [4.69, 9.17) is 0 Å². The lowest BCUT2D eigenvalue weighted by atomic mass is 9.97. The minimum Gasteiger partial charge on any atom is -0.344 e. The van der Waals surface area contributed by atoms with E-state index in [1.807, 2.05) is 58.2 Å². The fourth-order valence-corrected chi connectivity index (χ4v) is 3.85. The molecule has 2 aromatic carbocycles. The summed E-state index contributed by atoms with van der Waals surface area (Å²) >= 11 is 0. The number of nitrogens with one attached hydrogen (secondary N) is 3. The minimum absolute atomic E-state index is 0.0156. The van der Waals surface area contributed by atoms with Crippen LogP contribution in [0.1, 0.15) is 48.6 Å². The third kappa shape index (κ3) is 7.30. The van der Waals surface area contributed by atoms with Gasteiger partial charge < -0.3 is 15.5 Å². The summed E-state index contributed by atoms with van der Waals surface area (Å²) in [7, 11) is 1.87. The lowest BCUT2D eigenvalue weighted by molar-refractivity contribution is -0.862. The molecule has 0 aliphatic carbocycles.